The Hall–Kier alpha value is -2.04. The van der Waals surface area contributed by atoms with Gasteiger partial charge in [-0.2, -0.15) is 0 Å². The highest BCUT2D eigenvalue weighted by Crippen LogP contribution is 2.28. The van der Waals surface area contributed by atoms with Crippen molar-refractivity contribution in [2.75, 3.05) is 11.9 Å². The van der Waals surface area contributed by atoms with Crippen molar-refractivity contribution in [1.82, 2.24) is 4.90 Å². The average molecular weight is 262 g/mol. The quantitative estimate of drug-likeness (QED) is 0.861. The van der Waals surface area contributed by atoms with Crippen LogP contribution in [0.4, 0.5) is 10.5 Å². The van der Waals surface area contributed by atoms with E-state index in [2.05, 4.69) is 5.32 Å². The van der Waals surface area contributed by atoms with Gasteiger partial charge >= 0.3 is 12.0 Å². The van der Waals surface area contributed by atoms with Gasteiger partial charge in [-0.25, -0.2) is 9.59 Å². The van der Waals surface area contributed by atoms with Gasteiger partial charge in [-0.3, -0.25) is 0 Å². The molecule has 0 atom stereocenters. The van der Waals surface area contributed by atoms with Gasteiger partial charge in [-0.15, -0.1) is 0 Å². The Kier molecular flexibility index (Phi) is 3.46. The van der Waals surface area contributed by atoms with Crippen LogP contribution in [0.3, 0.4) is 0 Å². The van der Waals surface area contributed by atoms with Crippen molar-refractivity contribution < 1.29 is 14.7 Å². The third kappa shape index (κ3) is 2.86. The van der Waals surface area contributed by atoms with Crippen molar-refractivity contribution in [1.29, 1.82) is 0 Å². The van der Waals surface area contributed by atoms with Crippen molar-refractivity contribution in [3.8, 4) is 0 Å². The summed E-state index contributed by atoms with van der Waals surface area (Å²) in [4.78, 5) is 24.7. The summed E-state index contributed by atoms with van der Waals surface area (Å²) in [6.45, 7) is 4.85. The number of hydrogen-bond acceptors (Lipinski definition) is 2. The summed E-state index contributed by atoms with van der Waals surface area (Å²) in [5, 5.41) is 11.6. The standard InChI is InChI=1S/C14H18N2O3/c1-14(2)8-3-9-16(14)13(19)15-11-6-4-10(5-7-11)12(17)18/h4-7H,3,8-9H2,1-2H3,(H,15,19)(H,17,18). The Bertz CT molecular complexity index is 494. The number of carbonyl (C=O) groups is 2. The topological polar surface area (TPSA) is 69.6 Å². The molecule has 1 saturated heterocycles. The maximum absolute atomic E-state index is 12.1. The smallest absolute Gasteiger partial charge is 0.335 e. The molecule has 5 heteroatoms. The molecule has 102 valence electrons. The molecule has 19 heavy (non-hydrogen) atoms. The first-order valence-electron chi connectivity index (χ1n) is 6.32. The van der Waals surface area contributed by atoms with Crippen molar-refractivity contribution in [3.63, 3.8) is 0 Å². The Morgan fingerprint density at radius 1 is 1.26 bits per heavy atom. The maximum atomic E-state index is 12.1. The zero-order valence-corrected chi connectivity index (χ0v) is 11.1. The lowest BCUT2D eigenvalue weighted by atomic mass is 10.0. The molecule has 0 radical (unpaired) electrons. The monoisotopic (exact) mass is 262 g/mol. The molecule has 0 saturated carbocycles. The lowest BCUT2D eigenvalue weighted by Gasteiger charge is -2.31. The van der Waals surface area contributed by atoms with Crippen LogP contribution in [-0.2, 0) is 0 Å². The fourth-order valence-corrected chi connectivity index (χ4v) is 2.37. The van der Waals surface area contributed by atoms with Gasteiger partial charge in [0, 0.05) is 17.8 Å². The molecule has 0 aromatic heterocycles. The largest absolute Gasteiger partial charge is 0.478 e. The molecule has 1 fully saturated rings. The van der Waals surface area contributed by atoms with E-state index in [9.17, 15) is 9.59 Å². The second-order valence-electron chi connectivity index (χ2n) is 5.38. The second-order valence-corrected chi connectivity index (χ2v) is 5.38. The first-order chi connectivity index (χ1) is 8.90. The van der Waals surface area contributed by atoms with Gasteiger partial charge in [-0.1, -0.05) is 0 Å². The predicted molar refractivity (Wildman–Crippen MR) is 72.4 cm³/mol. The number of benzene rings is 1. The number of nitrogens with zero attached hydrogens (tertiary/aromatic N) is 1. The zero-order chi connectivity index (χ0) is 14.0. The van der Waals surface area contributed by atoms with Crippen LogP contribution in [0.1, 0.15) is 37.0 Å². The Labute approximate surface area is 112 Å². The van der Waals surface area contributed by atoms with Gasteiger partial charge in [-0.05, 0) is 51.0 Å². The van der Waals surface area contributed by atoms with Crippen LogP contribution in [0, 0.1) is 0 Å². The third-order valence-corrected chi connectivity index (χ3v) is 3.53. The minimum atomic E-state index is -0.974. The second kappa shape index (κ2) is 4.91. The van der Waals surface area contributed by atoms with E-state index in [1.54, 1.807) is 12.1 Å². The molecule has 1 aliphatic heterocycles. The van der Waals surface area contributed by atoms with E-state index in [0.29, 0.717) is 5.69 Å². The van der Waals surface area contributed by atoms with Crippen molar-refractivity contribution in [3.05, 3.63) is 29.8 Å². The number of carboxylic acids is 1. The number of hydrogen-bond donors (Lipinski definition) is 2. The molecule has 2 rings (SSSR count). The number of likely N-dealkylation sites (tertiary alicyclic amines) is 1. The number of rotatable bonds is 2. The van der Waals surface area contributed by atoms with Crippen molar-refractivity contribution in [2.45, 2.75) is 32.2 Å². The van der Waals surface area contributed by atoms with Gasteiger partial charge in [0.15, 0.2) is 0 Å². The third-order valence-electron chi connectivity index (χ3n) is 3.53. The molecule has 0 unspecified atom stereocenters. The van der Waals surface area contributed by atoms with E-state index < -0.39 is 5.97 Å². The summed E-state index contributed by atoms with van der Waals surface area (Å²) in [7, 11) is 0. The molecule has 0 spiro atoms. The number of nitrogens with one attached hydrogen (secondary N) is 1. The number of carboxylic acid groups (broad SMARTS) is 1. The van der Waals surface area contributed by atoms with Gasteiger partial charge in [0.05, 0.1) is 5.56 Å². The van der Waals surface area contributed by atoms with Crippen LogP contribution in [0.2, 0.25) is 0 Å². The van der Waals surface area contributed by atoms with E-state index in [-0.39, 0.29) is 17.1 Å². The van der Waals surface area contributed by atoms with Gasteiger partial charge < -0.3 is 15.3 Å². The Balaban J connectivity index is 2.05. The predicted octanol–water partition coefficient (Wildman–Crippen LogP) is 2.79. The highest BCUT2D eigenvalue weighted by atomic mass is 16.4. The van der Waals surface area contributed by atoms with Crippen molar-refractivity contribution in [2.24, 2.45) is 0 Å². The van der Waals surface area contributed by atoms with Crippen LogP contribution in [-0.4, -0.2) is 34.1 Å². The van der Waals surface area contributed by atoms with Gasteiger partial charge in [0.25, 0.3) is 0 Å². The highest BCUT2D eigenvalue weighted by molar-refractivity contribution is 5.92. The number of urea groups is 1. The van der Waals surface area contributed by atoms with Crippen LogP contribution in [0.15, 0.2) is 24.3 Å². The number of amides is 2. The Morgan fingerprint density at radius 3 is 2.37 bits per heavy atom. The first-order valence-corrected chi connectivity index (χ1v) is 6.32. The highest BCUT2D eigenvalue weighted by Gasteiger charge is 2.35. The summed E-state index contributed by atoms with van der Waals surface area (Å²) < 4.78 is 0. The van der Waals surface area contributed by atoms with Crippen LogP contribution < -0.4 is 5.32 Å². The molecule has 1 aliphatic rings. The van der Waals surface area contributed by atoms with E-state index in [0.717, 1.165) is 19.4 Å². The minimum absolute atomic E-state index is 0.120. The summed E-state index contributed by atoms with van der Waals surface area (Å²) >= 11 is 0. The fraction of sp³-hybridized carbons (Fsp3) is 0.429. The molecule has 1 aromatic carbocycles. The lowest BCUT2D eigenvalue weighted by molar-refractivity contribution is 0.0697. The van der Waals surface area contributed by atoms with Crippen LogP contribution >= 0.6 is 0 Å². The summed E-state index contributed by atoms with van der Waals surface area (Å²) in [5.74, 6) is -0.974. The van der Waals surface area contributed by atoms with E-state index in [1.807, 2.05) is 18.7 Å². The van der Waals surface area contributed by atoms with Crippen LogP contribution in [0.25, 0.3) is 0 Å². The van der Waals surface area contributed by atoms with Crippen molar-refractivity contribution >= 4 is 17.7 Å². The van der Waals surface area contributed by atoms with Crippen LogP contribution in [0.5, 0.6) is 0 Å². The SMILES string of the molecule is CC1(C)CCCN1C(=O)Nc1ccc(C(=O)O)cc1. The summed E-state index contributed by atoms with van der Waals surface area (Å²) in [5.41, 5.74) is 0.697. The summed E-state index contributed by atoms with van der Waals surface area (Å²) in [6.07, 6.45) is 2.01. The number of carbonyl (C=O) groups excluding carboxylic acids is 1. The number of aromatic carboxylic acids is 1. The molecule has 0 bridgehead atoms. The summed E-state index contributed by atoms with van der Waals surface area (Å²) in [6, 6.07) is 6.03. The Morgan fingerprint density at radius 2 is 1.89 bits per heavy atom. The van der Waals surface area contributed by atoms with E-state index in [4.69, 9.17) is 5.11 Å². The zero-order valence-electron chi connectivity index (χ0n) is 11.1. The normalized spacial score (nSPS) is 17.3. The first kappa shape index (κ1) is 13.4. The molecule has 1 heterocycles. The minimum Gasteiger partial charge on any atom is -0.478 e. The van der Waals surface area contributed by atoms with Gasteiger partial charge in [0.2, 0.25) is 0 Å². The average Bonchev–Trinajstić information content (AvgIpc) is 2.69. The molecule has 2 amide bonds. The number of anilines is 1. The maximum Gasteiger partial charge on any atom is 0.335 e. The molecular weight excluding hydrogens is 244 g/mol. The molecule has 0 aliphatic carbocycles. The fourth-order valence-electron chi connectivity index (χ4n) is 2.37. The molecule has 1 aromatic rings. The molecule has 5 nitrogen and oxygen atoms in total. The van der Waals surface area contributed by atoms with E-state index >= 15 is 0 Å². The molecule has 2 N–H and O–H groups in total. The lowest BCUT2D eigenvalue weighted by Crippen LogP contribution is -2.44. The molecular formula is C14H18N2O3. The van der Waals surface area contributed by atoms with Gasteiger partial charge in [0.1, 0.15) is 0 Å². The van der Waals surface area contributed by atoms with E-state index in [1.165, 1.54) is 12.1 Å².